The van der Waals surface area contributed by atoms with Gasteiger partial charge in [0.05, 0.1) is 17.3 Å². The van der Waals surface area contributed by atoms with Crippen molar-refractivity contribution in [3.8, 4) is 11.8 Å². The number of aromatic nitrogens is 1. The van der Waals surface area contributed by atoms with Crippen LogP contribution in [0.1, 0.15) is 72.3 Å². The maximum atomic E-state index is 9.36. The number of nitrogens with zero attached hydrogens (tertiary/aromatic N) is 4. The van der Waals surface area contributed by atoms with Crippen LogP contribution < -0.4 is 4.74 Å². The molecule has 2 heterocycles. The molecule has 0 N–H and O–H groups in total. The molecule has 5 nitrogen and oxygen atoms in total. The Bertz CT molecular complexity index is 1270. The summed E-state index contributed by atoms with van der Waals surface area (Å²) in [5.41, 5.74) is 6.24. The van der Waals surface area contributed by atoms with Gasteiger partial charge in [0, 0.05) is 50.0 Å². The molecule has 0 saturated carbocycles. The summed E-state index contributed by atoms with van der Waals surface area (Å²) in [5, 5.41) is 9.36. The number of hydrogen-bond acceptors (Lipinski definition) is 5. The van der Waals surface area contributed by atoms with Crippen LogP contribution in [0.2, 0.25) is 0 Å². The van der Waals surface area contributed by atoms with Gasteiger partial charge in [0.1, 0.15) is 12.4 Å². The fourth-order valence-corrected chi connectivity index (χ4v) is 5.33. The minimum atomic E-state index is 0.419. The van der Waals surface area contributed by atoms with E-state index in [0.717, 1.165) is 66.6 Å². The van der Waals surface area contributed by atoms with E-state index in [1.165, 1.54) is 31.2 Å². The molecule has 1 aliphatic rings. The lowest BCUT2D eigenvalue weighted by molar-refractivity contribution is 0.0817. The van der Waals surface area contributed by atoms with E-state index in [4.69, 9.17) is 4.74 Å². The minimum absolute atomic E-state index is 0.419. The average molecular weight is 523 g/mol. The molecular weight excluding hydrogens is 480 g/mol. The zero-order valence-corrected chi connectivity index (χ0v) is 23.8. The molecule has 1 fully saturated rings. The van der Waals surface area contributed by atoms with Gasteiger partial charge in [-0.05, 0) is 67.8 Å². The van der Waals surface area contributed by atoms with Crippen molar-refractivity contribution in [3.63, 3.8) is 0 Å². The molecule has 0 amide bonds. The van der Waals surface area contributed by atoms with Gasteiger partial charge in [-0.25, -0.2) is 0 Å². The lowest BCUT2D eigenvalue weighted by atomic mass is 9.95. The zero-order chi connectivity index (χ0) is 27.5. The van der Waals surface area contributed by atoms with Crippen LogP contribution in [-0.2, 0) is 0 Å². The van der Waals surface area contributed by atoms with Gasteiger partial charge in [-0.15, -0.1) is 0 Å². The first-order chi connectivity index (χ1) is 19.1. The quantitative estimate of drug-likeness (QED) is 0.238. The number of unbranched alkanes of at least 4 members (excludes halogenated alkanes) is 2. The summed E-state index contributed by atoms with van der Waals surface area (Å²) in [7, 11) is 0. The molecule has 2 aromatic carbocycles. The second-order valence-electron chi connectivity index (χ2n) is 10.5. The fraction of sp³-hybridized carbons (Fsp3) is 0.412. The summed E-state index contributed by atoms with van der Waals surface area (Å²) in [6.07, 6.45) is 9.03. The van der Waals surface area contributed by atoms with Crippen molar-refractivity contribution in [1.29, 1.82) is 5.26 Å². The maximum absolute atomic E-state index is 9.36. The number of rotatable bonds is 12. The predicted molar refractivity (Wildman–Crippen MR) is 161 cm³/mol. The van der Waals surface area contributed by atoms with Crippen molar-refractivity contribution < 1.29 is 4.74 Å². The Kier molecular flexibility index (Phi) is 10.7. The molecule has 1 saturated heterocycles. The SMILES string of the molecule is CCCCCC(c1ccc(C#N)c(C)c1)N1CCN(CCOc2ccccc2C=Cc2cccc(C)n2)CC1. The smallest absolute Gasteiger partial charge is 0.126 e. The molecule has 3 aromatic rings. The standard InChI is InChI=1S/C34H42N4O/c1-4-5-6-13-33(30-15-16-31(26-35)27(2)25-30)38-21-19-37(20-22-38)23-24-39-34-14-8-7-11-29(34)17-18-32-12-9-10-28(3)36-32/h7-12,14-18,25,33H,4-6,13,19-24H2,1-3H3. The van der Waals surface area contributed by atoms with Gasteiger partial charge in [0.2, 0.25) is 0 Å². The van der Waals surface area contributed by atoms with E-state index >= 15 is 0 Å². The van der Waals surface area contributed by atoms with Crippen LogP contribution in [-0.4, -0.2) is 54.1 Å². The highest BCUT2D eigenvalue weighted by atomic mass is 16.5. The molecule has 5 heteroatoms. The lowest BCUT2D eigenvalue weighted by Gasteiger charge is -2.39. The van der Waals surface area contributed by atoms with E-state index in [2.05, 4.69) is 59.0 Å². The number of hydrogen-bond donors (Lipinski definition) is 0. The molecule has 39 heavy (non-hydrogen) atoms. The Morgan fingerprint density at radius 3 is 2.54 bits per heavy atom. The Morgan fingerprint density at radius 1 is 0.974 bits per heavy atom. The third-order valence-electron chi connectivity index (χ3n) is 7.61. The number of benzene rings is 2. The first-order valence-electron chi connectivity index (χ1n) is 14.4. The van der Waals surface area contributed by atoms with Crippen molar-refractivity contribution in [1.82, 2.24) is 14.8 Å². The zero-order valence-electron chi connectivity index (χ0n) is 23.8. The highest BCUT2D eigenvalue weighted by Crippen LogP contribution is 2.29. The van der Waals surface area contributed by atoms with E-state index in [9.17, 15) is 5.26 Å². The number of aryl methyl sites for hydroxylation is 2. The van der Waals surface area contributed by atoms with Gasteiger partial charge in [-0.3, -0.25) is 14.8 Å². The summed E-state index contributed by atoms with van der Waals surface area (Å²) in [6.45, 7) is 12.1. The van der Waals surface area contributed by atoms with E-state index in [1.54, 1.807) is 0 Å². The van der Waals surface area contributed by atoms with Crippen LogP contribution >= 0.6 is 0 Å². The number of ether oxygens (including phenoxy) is 1. The summed E-state index contributed by atoms with van der Waals surface area (Å²) >= 11 is 0. The van der Waals surface area contributed by atoms with Crippen molar-refractivity contribution in [2.45, 2.75) is 52.5 Å². The molecule has 1 aromatic heterocycles. The van der Waals surface area contributed by atoms with Gasteiger partial charge in [0.25, 0.3) is 0 Å². The molecule has 0 bridgehead atoms. The van der Waals surface area contributed by atoms with Gasteiger partial charge < -0.3 is 4.74 Å². The number of para-hydroxylation sites is 1. The van der Waals surface area contributed by atoms with Crippen LogP contribution in [0, 0.1) is 25.2 Å². The van der Waals surface area contributed by atoms with Gasteiger partial charge in [0.15, 0.2) is 0 Å². The third-order valence-corrected chi connectivity index (χ3v) is 7.61. The van der Waals surface area contributed by atoms with Crippen molar-refractivity contribution in [2.24, 2.45) is 0 Å². The van der Waals surface area contributed by atoms with E-state index in [0.29, 0.717) is 12.6 Å². The third kappa shape index (κ3) is 8.26. The largest absolute Gasteiger partial charge is 0.492 e. The fourth-order valence-electron chi connectivity index (χ4n) is 5.33. The molecule has 0 radical (unpaired) electrons. The molecule has 1 aliphatic heterocycles. The summed E-state index contributed by atoms with van der Waals surface area (Å²) in [4.78, 5) is 9.72. The monoisotopic (exact) mass is 522 g/mol. The molecule has 0 spiro atoms. The molecule has 1 unspecified atom stereocenters. The van der Waals surface area contributed by atoms with Gasteiger partial charge in [-0.1, -0.05) is 62.6 Å². The predicted octanol–water partition coefficient (Wildman–Crippen LogP) is 7.06. The van der Waals surface area contributed by atoms with E-state index in [-0.39, 0.29) is 0 Å². The molecule has 4 rings (SSSR count). The van der Waals surface area contributed by atoms with Crippen LogP contribution in [0.25, 0.3) is 12.2 Å². The van der Waals surface area contributed by atoms with Crippen LogP contribution in [0.15, 0.2) is 60.7 Å². The number of piperazine rings is 1. The first-order valence-corrected chi connectivity index (χ1v) is 14.4. The summed E-state index contributed by atoms with van der Waals surface area (Å²) in [5.74, 6) is 0.909. The summed E-state index contributed by atoms with van der Waals surface area (Å²) in [6, 6.07) is 23.4. The maximum Gasteiger partial charge on any atom is 0.126 e. The molecule has 204 valence electrons. The lowest BCUT2D eigenvalue weighted by Crippen LogP contribution is -2.48. The van der Waals surface area contributed by atoms with Crippen LogP contribution in [0.5, 0.6) is 5.75 Å². The number of pyridine rings is 1. The van der Waals surface area contributed by atoms with Crippen molar-refractivity contribution >= 4 is 12.2 Å². The second-order valence-corrected chi connectivity index (χ2v) is 10.5. The molecule has 0 aliphatic carbocycles. The Labute approximate surface area is 234 Å². The Balaban J connectivity index is 1.30. The molecule has 1 atom stereocenters. The van der Waals surface area contributed by atoms with Crippen LogP contribution in [0.3, 0.4) is 0 Å². The van der Waals surface area contributed by atoms with Crippen molar-refractivity contribution in [2.75, 3.05) is 39.3 Å². The van der Waals surface area contributed by atoms with E-state index < -0.39 is 0 Å². The summed E-state index contributed by atoms with van der Waals surface area (Å²) < 4.78 is 6.24. The van der Waals surface area contributed by atoms with Gasteiger partial charge in [-0.2, -0.15) is 5.26 Å². The molecular formula is C34H42N4O. The van der Waals surface area contributed by atoms with Crippen molar-refractivity contribution in [3.05, 3.63) is 94.3 Å². The van der Waals surface area contributed by atoms with Crippen LogP contribution in [0.4, 0.5) is 0 Å². The highest BCUT2D eigenvalue weighted by molar-refractivity contribution is 5.71. The Hall–Kier alpha value is -3.46. The topological polar surface area (TPSA) is 52.4 Å². The normalized spacial score (nSPS) is 15.3. The minimum Gasteiger partial charge on any atom is -0.492 e. The van der Waals surface area contributed by atoms with Gasteiger partial charge >= 0.3 is 0 Å². The second kappa shape index (κ2) is 14.6. The average Bonchev–Trinajstić information content (AvgIpc) is 2.95. The van der Waals surface area contributed by atoms with E-state index in [1.807, 2.05) is 55.5 Å². The Morgan fingerprint density at radius 2 is 1.79 bits per heavy atom. The first kappa shape index (κ1) is 28.5. The number of nitriles is 1. The highest BCUT2D eigenvalue weighted by Gasteiger charge is 2.25.